The van der Waals surface area contributed by atoms with Crippen molar-refractivity contribution in [3.8, 4) is 0 Å². The van der Waals surface area contributed by atoms with E-state index in [1.54, 1.807) is 13.2 Å². The van der Waals surface area contributed by atoms with Gasteiger partial charge in [0.05, 0.1) is 5.92 Å². The van der Waals surface area contributed by atoms with Gasteiger partial charge in [-0.3, -0.25) is 14.7 Å². The van der Waals surface area contributed by atoms with Crippen molar-refractivity contribution < 1.29 is 4.79 Å². The zero-order valence-corrected chi connectivity index (χ0v) is 21.9. The third-order valence-electron chi connectivity index (χ3n) is 5.65. The maximum atomic E-state index is 11.6. The molecule has 1 aliphatic heterocycles. The summed E-state index contributed by atoms with van der Waals surface area (Å²) in [6.07, 6.45) is 3.60. The zero-order valence-electron chi connectivity index (χ0n) is 19.6. The number of piperidine rings is 1. The molecule has 1 aromatic rings. The highest BCUT2D eigenvalue weighted by atomic mass is 127. The molecule has 2 rings (SSSR count). The molecule has 1 saturated heterocycles. The number of carbonyl (C=O) groups excluding carboxylic acids is 1. The second-order valence-electron chi connectivity index (χ2n) is 8.45. The third-order valence-corrected chi connectivity index (χ3v) is 5.65. The molecule has 1 fully saturated rings. The van der Waals surface area contributed by atoms with E-state index in [9.17, 15) is 4.79 Å². The molecule has 9 heteroatoms. The first kappa shape index (κ1) is 27.4. The molecule has 4 N–H and O–H groups in total. The summed E-state index contributed by atoms with van der Waals surface area (Å²) in [6.45, 7) is 12.8. The van der Waals surface area contributed by atoms with Crippen molar-refractivity contribution in [3.05, 3.63) is 23.9 Å². The van der Waals surface area contributed by atoms with Crippen LogP contribution >= 0.6 is 24.0 Å². The number of anilines is 1. The van der Waals surface area contributed by atoms with Crippen molar-refractivity contribution in [3.63, 3.8) is 0 Å². The molecule has 176 valence electrons. The molecule has 1 amide bonds. The van der Waals surface area contributed by atoms with Gasteiger partial charge in [0.2, 0.25) is 5.91 Å². The van der Waals surface area contributed by atoms with E-state index >= 15 is 0 Å². The van der Waals surface area contributed by atoms with Gasteiger partial charge in [0, 0.05) is 63.6 Å². The Labute approximate surface area is 204 Å². The maximum absolute atomic E-state index is 11.6. The lowest BCUT2D eigenvalue weighted by molar-refractivity contribution is -0.122. The van der Waals surface area contributed by atoms with Gasteiger partial charge in [-0.2, -0.15) is 0 Å². The lowest BCUT2D eigenvalue weighted by Gasteiger charge is -2.33. The minimum absolute atomic E-state index is 0. The highest BCUT2D eigenvalue weighted by molar-refractivity contribution is 14.0. The molecule has 31 heavy (non-hydrogen) atoms. The van der Waals surface area contributed by atoms with E-state index in [1.807, 2.05) is 6.07 Å². The summed E-state index contributed by atoms with van der Waals surface area (Å²) in [5.41, 5.74) is 6.62. The van der Waals surface area contributed by atoms with E-state index in [0.717, 1.165) is 49.8 Å². The van der Waals surface area contributed by atoms with Gasteiger partial charge in [-0.1, -0.05) is 6.07 Å². The van der Waals surface area contributed by atoms with Crippen molar-refractivity contribution in [2.75, 3.05) is 38.1 Å². The van der Waals surface area contributed by atoms with Crippen LogP contribution in [0.3, 0.4) is 0 Å². The van der Waals surface area contributed by atoms with E-state index in [0.29, 0.717) is 25.2 Å². The summed E-state index contributed by atoms with van der Waals surface area (Å²) in [6, 6.07) is 5.02. The van der Waals surface area contributed by atoms with Gasteiger partial charge in [0.15, 0.2) is 5.96 Å². The predicted molar refractivity (Wildman–Crippen MR) is 139 cm³/mol. The number of pyridine rings is 1. The van der Waals surface area contributed by atoms with Gasteiger partial charge in [0.1, 0.15) is 5.82 Å². The molecule has 1 aliphatic rings. The molecule has 1 aromatic heterocycles. The lowest BCUT2D eigenvalue weighted by Crippen LogP contribution is -2.45. The molecular formula is C22H40IN7O. The molecule has 0 spiro atoms. The van der Waals surface area contributed by atoms with Gasteiger partial charge in [-0.25, -0.2) is 4.98 Å². The van der Waals surface area contributed by atoms with Crippen LogP contribution in [0.2, 0.25) is 0 Å². The molecule has 0 aromatic carbocycles. The number of guanidine groups is 1. The van der Waals surface area contributed by atoms with E-state index in [-0.39, 0.29) is 35.8 Å². The molecule has 0 saturated carbocycles. The van der Waals surface area contributed by atoms with Gasteiger partial charge in [0.25, 0.3) is 0 Å². The predicted octanol–water partition coefficient (Wildman–Crippen LogP) is 2.19. The third kappa shape index (κ3) is 8.44. The monoisotopic (exact) mass is 545 g/mol. The minimum Gasteiger partial charge on any atom is -0.369 e. The molecule has 0 radical (unpaired) electrons. The van der Waals surface area contributed by atoms with E-state index in [4.69, 9.17) is 5.73 Å². The topological polar surface area (TPSA) is 98.9 Å². The highest BCUT2D eigenvalue weighted by Gasteiger charge is 2.26. The smallest absolute Gasteiger partial charge is 0.222 e. The Hall–Kier alpha value is -1.62. The van der Waals surface area contributed by atoms with E-state index in [2.05, 4.69) is 64.2 Å². The Kier molecular flexibility index (Phi) is 12.1. The first-order valence-corrected chi connectivity index (χ1v) is 11.0. The van der Waals surface area contributed by atoms with Crippen LogP contribution < -0.4 is 21.3 Å². The fraction of sp³-hybridized carbons (Fsp3) is 0.682. The van der Waals surface area contributed by atoms with Crippen LogP contribution in [0.5, 0.6) is 0 Å². The number of hydrogen-bond acceptors (Lipinski definition) is 5. The van der Waals surface area contributed by atoms with Gasteiger partial charge >= 0.3 is 0 Å². The second kappa shape index (κ2) is 13.7. The molecule has 8 nitrogen and oxygen atoms in total. The summed E-state index contributed by atoms with van der Waals surface area (Å²) in [7, 11) is 1.78. The summed E-state index contributed by atoms with van der Waals surface area (Å²) < 4.78 is 0. The summed E-state index contributed by atoms with van der Waals surface area (Å²) in [5.74, 6) is 1.35. The molecule has 2 heterocycles. The largest absolute Gasteiger partial charge is 0.369 e. The Morgan fingerprint density at radius 1 is 1.32 bits per heavy atom. The number of nitrogens with two attached hydrogens (primary N) is 1. The molecule has 1 unspecified atom stereocenters. The Balaban J connectivity index is 0.00000480. The number of primary amides is 1. The Morgan fingerprint density at radius 2 is 2.03 bits per heavy atom. The fourth-order valence-electron chi connectivity index (χ4n) is 4.07. The average molecular weight is 546 g/mol. The fourth-order valence-corrected chi connectivity index (χ4v) is 4.07. The van der Waals surface area contributed by atoms with Crippen LogP contribution in [0.15, 0.2) is 23.3 Å². The number of halogens is 1. The molecule has 1 atom stereocenters. The quantitative estimate of drug-likeness (QED) is 0.250. The van der Waals surface area contributed by atoms with E-state index < -0.39 is 0 Å². The lowest BCUT2D eigenvalue weighted by atomic mass is 9.97. The standard InChI is InChI=1S/C22H39N7O.HI/c1-16(2)29(17(3)4)13-11-26-22(24-5)27-14-18-8-6-10-25-21(18)28-12-7-9-19(15-28)20(23)30;/h6,8,10,16-17,19H,7,9,11-15H2,1-5H3,(H2,23,30)(H2,24,26,27);1H. The van der Waals surface area contributed by atoms with Crippen LogP contribution in [0.25, 0.3) is 0 Å². The molecule has 0 aliphatic carbocycles. The minimum atomic E-state index is -0.225. The number of aromatic nitrogens is 1. The molecular weight excluding hydrogens is 505 g/mol. The van der Waals surface area contributed by atoms with E-state index in [1.165, 1.54) is 0 Å². The first-order chi connectivity index (χ1) is 14.3. The van der Waals surface area contributed by atoms with Crippen LogP contribution in [-0.4, -0.2) is 67.1 Å². The second-order valence-corrected chi connectivity index (χ2v) is 8.45. The molecule has 0 bridgehead atoms. The van der Waals surface area contributed by atoms with Crippen molar-refractivity contribution in [2.24, 2.45) is 16.6 Å². The summed E-state index contributed by atoms with van der Waals surface area (Å²) in [5, 5.41) is 6.80. The van der Waals surface area contributed by atoms with Crippen molar-refractivity contribution in [2.45, 2.75) is 59.2 Å². The van der Waals surface area contributed by atoms with Crippen molar-refractivity contribution in [1.29, 1.82) is 0 Å². The maximum Gasteiger partial charge on any atom is 0.222 e. The SMILES string of the molecule is CN=C(NCCN(C(C)C)C(C)C)NCc1cccnc1N1CCCC(C(N)=O)C1.I. The van der Waals surface area contributed by atoms with Crippen molar-refractivity contribution >= 4 is 41.7 Å². The number of carbonyl (C=O) groups is 1. The normalized spacial score (nSPS) is 17.1. The summed E-state index contributed by atoms with van der Waals surface area (Å²) >= 11 is 0. The van der Waals surface area contributed by atoms with Crippen molar-refractivity contribution in [1.82, 2.24) is 20.5 Å². The Morgan fingerprint density at radius 3 is 2.65 bits per heavy atom. The van der Waals surface area contributed by atoms with Crippen LogP contribution in [0.1, 0.15) is 46.1 Å². The average Bonchev–Trinajstić information content (AvgIpc) is 2.73. The number of nitrogens with zero attached hydrogens (tertiary/aromatic N) is 4. The zero-order chi connectivity index (χ0) is 22.1. The number of rotatable bonds is 9. The number of amides is 1. The van der Waals surface area contributed by atoms with Crippen LogP contribution in [0, 0.1) is 5.92 Å². The highest BCUT2D eigenvalue weighted by Crippen LogP contribution is 2.24. The van der Waals surface area contributed by atoms with Gasteiger partial charge in [-0.05, 0) is 46.6 Å². The first-order valence-electron chi connectivity index (χ1n) is 11.0. The van der Waals surface area contributed by atoms with Gasteiger partial charge < -0.3 is 21.3 Å². The van der Waals surface area contributed by atoms with Crippen LogP contribution in [0.4, 0.5) is 5.82 Å². The number of hydrogen-bond donors (Lipinski definition) is 3. The van der Waals surface area contributed by atoms with Crippen LogP contribution in [-0.2, 0) is 11.3 Å². The van der Waals surface area contributed by atoms with Gasteiger partial charge in [-0.15, -0.1) is 24.0 Å². The number of aliphatic imine (C=N–C) groups is 1. The number of nitrogens with one attached hydrogen (secondary N) is 2. The Bertz CT molecular complexity index is 703. The summed E-state index contributed by atoms with van der Waals surface area (Å²) in [4.78, 5) is 25.2.